The Morgan fingerprint density at radius 2 is 1.74 bits per heavy atom. The van der Waals surface area contributed by atoms with Gasteiger partial charge in [-0.05, 0) is 50.6 Å². The van der Waals surface area contributed by atoms with Gasteiger partial charge in [0, 0.05) is 25.3 Å². The van der Waals surface area contributed by atoms with E-state index in [4.69, 9.17) is 0 Å². The SMILES string of the molecule is Cc1cccc(CNc2ccc(S(=O)(=O)N(C)C(C)C)cc2)c1. The Morgan fingerprint density at radius 3 is 2.30 bits per heavy atom. The molecule has 0 spiro atoms. The molecule has 0 atom stereocenters. The van der Waals surface area contributed by atoms with Crippen LogP contribution in [0.5, 0.6) is 0 Å². The molecule has 0 bridgehead atoms. The first-order valence-corrected chi connectivity index (χ1v) is 9.12. The van der Waals surface area contributed by atoms with Crippen LogP contribution in [0.25, 0.3) is 0 Å². The van der Waals surface area contributed by atoms with Crippen LogP contribution in [0.15, 0.2) is 53.4 Å². The molecule has 5 heteroatoms. The van der Waals surface area contributed by atoms with Gasteiger partial charge in [0.05, 0.1) is 4.90 Å². The Balaban J connectivity index is 2.08. The molecule has 2 aromatic carbocycles. The number of nitrogens with one attached hydrogen (secondary N) is 1. The summed E-state index contributed by atoms with van der Waals surface area (Å²) in [7, 11) is -1.82. The van der Waals surface area contributed by atoms with Crippen molar-refractivity contribution >= 4 is 15.7 Å². The Hall–Kier alpha value is -1.85. The lowest BCUT2D eigenvalue weighted by Crippen LogP contribution is -2.33. The number of hydrogen-bond donors (Lipinski definition) is 1. The molecule has 0 unspecified atom stereocenters. The molecular formula is C18H24N2O2S. The number of hydrogen-bond acceptors (Lipinski definition) is 3. The maximum atomic E-state index is 12.4. The first-order chi connectivity index (χ1) is 10.8. The molecule has 124 valence electrons. The van der Waals surface area contributed by atoms with Crippen molar-refractivity contribution < 1.29 is 8.42 Å². The minimum atomic E-state index is -3.42. The standard InChI is InChI=1S/C18H24N2O2S/c1-14(2)20(4)23(21,22)18-10-8-17(9-11-18)19-13-16-7-5-6-15(3)12-16/h5-12,14,19H,13H2,1-4H3. The van der Waals surface area contributed by atoms with E-state index in [-0.39, 0.29) is 6.04 Å². The van der Waals surface area contributed by atoms with E-state index in [1.165, 1.54) is 15.4 Å². The molecule has 0 amide bonds. The summed E-state index contributed by atoms with van der Waals surface area (Å²) in [6.45, 7) is 6.48. The highest BCUT2D eigenvalue weighted by Crippen LogP contribution is 2.19. The number of benzene rings is 2. The quantitative estimate of drug-likeness (QED) is 0.878. The third kappa shape index (κ3) is 4.33. The molecule has 2 rings (SSSR count). The van der Waals surface area contributed by atoms with E-state index in [1.54, 1.807) is 31.3 Å². The van der Waals surface area contributed by atoms with Gasteiger partial charge in [-0.2, -0.15) is 4.31 Å². The van der Waals surface area contributed by atoms with Gasteiger partial charge < -0.3 is 5.32 Å². The molecule has 4 nitrogen and oxygen atoms in total. The van der Waals surface area contributed by atoms with Gasteiger partial charge in [0.15, 0.2) is 0 Å². The van der Waals surface area contributed by atoms with Crippen molar-refractivity contribution in [3.8, 4) is 0 Å². The second kappa shape index (κ2) is 7.15. The highest BCUT2D eigenvalue weighted by molar-refractivity contribution is 7.89. The summed E-state index contributed by atoms with van der Waals surface area (Å²) in [4.78, 5) is 0.315. The van der Waals surface area contributed by atoms with Gasteiger partial charge >= 0.3 is 0 Å². The molecule has 0 radical (unpaired) electrons. The van der Waals surface area contributed by atoms with Gasteiger partial charge in [-0.1, -0.05) is 29.8 Å². The lowest BCUT2D eigenvalue weighted by atomic mass is 10.1. The van der Waals surface area contributed by atoms with E-state index in [1.807, 2.05) is 19.9 Å². The summed E-state index contributed by atoms with van der Waals surface area (Å²) in [5, 5.41) is 3.31. The van der Waals surface area contributed by atoms with Crippen molar-refractivity contribution in [2.45, 2.75) is 38.3 Å². The Bertz CT molecular complexity index is 753. The fourth-order valence-corrected chi connectivity index (χ4v) is 3.58. The number of aryl methyl sites for hydroxylation is 1. The predicted molar refractivity (Wildman–Crippen MR) is 95.0 cm³/mol. The van der Waals surface area contributed by atoms with E-state index in [2.05, 4.69) is 30.4 Å². The van der Waals surface area contributed by atoms with Crippen LogP contribution in [-0.2, 0) is 16.6 Å². The van der Waals surface area contributed by atoms with Gasteiger partial charge in [0.2, 0.25) is 10.0 Å². The smallest absolute Gasteiger partial charge is 0.243 e. The molecule has 23 heavy (non-hydrogen) atoms. The number of anilines is 1. The van der Waals surface area contributed by atoms with E-state index in [9.17, 15) is 8.42 Å². The van der Waals surface area contributed by atoms with Crippen molar-refractivity contribution in [3.05, 3.63) is 59.7 Å². The lowest BCUT2D eigenvalue weighted by Gasteiger charge is -2.21. The third-order valence-electron chi connectivity index (χ3n) is 3.84. The van der Waals surface area contributed by atoms with Crippen LogP contribution in [0.1, 0.15) is 25.0 Å². The van der Waals surface area contributed by atoms with Crippen molar-refractivity contribution in [1.29, 1.82) is 0 Å². The largest absolute Gasteiger partial charge is 0.381 e. The zero-order valence-electron chi connectivity index (χ0n) is 14.1. The minimum absolute atomic E-state index is 0.0703. The van der Waals surface area contributed by atoms with Gasteiger partial charge in [-0.15, -0.1) is 0 Å². The van der Waals surface area contributed by atoms with Crippen LogP contribution in [0.4, 0.5) is 5.69 Å². The Morgan fingerprint density at radius 1 is 1.09 bits per heavy atom. The second-order valence-electron chi connectivity index (χ2n) is 5.98. The van der Waals surface area contributed by atoms with Crippen LogP contribution >= 0.6 is 0 Å². The van der Waals surface area contributed by atoms with Crippen LogP contribution < -0.4 is 5.32 Å². The summed E-state index contributed by atoms with van der Waals surface area (Å²) in [5.41, 5.74) is 3.32. The van der Waals surface area contributed by atoms with Gasteiger partial charge in [0.1, 0.15) is 0 Å². The summed E-state index contributed by atoms with van der Waals surface area (Å²) in [6.07, 6.45) is 0. The maximum Gasteiger partial charge on any atom is 0.243 e. The van der Waals surface area contributed by atoms with E-state index < -0.39 is 10.0 Å². The lowest BCUT2D eigenvalue weighted by molar-refractivity contribution is 0.410. The summed E-state index contributed by atoms with van der Waals surface area (Å²) >= 11 is 0. The van der Waals surface area contributed by atoms with Crippen LogP contribution in [-0.4, -0.2) is 25.8 Å². The second-order valence-corrected chi connectivity index (χ2v) is 7.98. The molecule has 2 aromatic rings. The molecule has 0 saturated carbocycles. The number of sulfonamides is 1. The molecule has 0 saturated heterocycles. The predicted octanol–water partition coefficient (Wildman–Crippen LogP) is 3.64. The van der Waals surface area contributed by atoms with E-state index in [0.29, 0.717) is 11.4 Å². The molecule has 0 heterocycles. The van der Waals surface area contributed by atoms with E-state index in [0.717, 1.165) is 5.69 Å². The van der Waals surface area contributed by atoms with Gasteiger partial charge in [-0.25, -0.2) is 8.42 Å². The molecule has 0 aromatic heterocycles. The normalized spacial score (nSPS) is 11.9. The maximum absolute atomic E-state index is 12.4. The zero-order valence-corrected chi connectivity index (χ0v) is 14.9. The topological polar surface area (TPSA) is 49.4 Å². The third-order valence-corrected chi connectivity index (χ3v) is 5.89. The first-order valence-electron chi connectivity index (χ1n) is 7.68. The number of rotatable bonds is 6. The average Bonchev–Trinajstić information content (AvgIpc) is 2.52. The van der Waals surface area contributed by atoms with Gasteiger partial charge in [0.25, 0.3) is 0 Å². The first kappa shape index (κ1) is 17.5. The van der Waals surface area contributed by atoms with Crippen LogP contribution in [0.2, 0.25) is 0 Å². The average molecular weight is 332 g/mol. The summed E-state index contributed by atoms with van der Waals surface area (Å²) in [5.74, 6) is 0. The molecular weight excluding hydrogens is 308 g/mol. The van der Waals surface area contributed by atoms with Crippen LogP contribution in [0.3, 0.4) is 0 Å². The van der Waals surface area contributed by atoms with Crippen molar-refractivity contribution in [2.75, 3.05) is 12.4 Å². The van der Waals surface area contributed by atoms with Crippen LogP contribution in [0, 0.1) is 6.92 Å². The fraction of sp³-hybridized carbons (Fsp3) is 0.333. The van der Waals surface area contributed by atoms with Crippen molar-refractivity contribution in [1.82, 2.24) is 4.31 Å². The monoisotopic (exact) mass is 332 g/mol. The molecule has 1 N–H and O–H groups in total. The fourth-order valence-electron chi connectivity index (χ4n) is 2.21. The van der Waals surface area contributed by atoms with E-state index >= 15 is 0 Å². The Labute approximate surface area is 139 Å². The molecule has 0 aliphatic rings. The zero-order chi connectivity index (χ0) is 17.0. The summed E-state index contributed by atoms with van der Waals surface area (Å²) < 4.78 is 26.2. The minimum Gasteiger partial charge on any atom is -0.381 e. The molecule has 0 aliphatic carbocycles. The highest BCUT2D eigenvalue weighted by atomic mass is 32.2. The van der Waals surface area contributed by atoms with Crippen molar-refractivity contribution in [2.24, 2.45) is 0 Å². The highest BCUT2D eigenvalue weighted by Gasteiger charge is 2.22. The molecule has 0 fully saturated rings. The van der Waals surface area contributed by atoms with Crippen molar-refractivity contribution in [3.63, 3.8) is 0 Å². The molecule has 0 aliphatic heterocycles. The number of nitrogens with zero attached hydrogens (tertiary/aromatic N) is 1. The van der Waals surface area contributed by atoms with Gasteiger partial charge in [-0.3, -0.25) is 0 Å². The summed E-state index contributed by atoms with van der Waals surface area (Å²) in [6, 6.07) is 15.1. The Kier molecular flexibility index (Phi) is 5.44.